The Morgan fingerprint density at radius 2 is 2.09 bits per heavy atom. The van der Waals surface area contributed by atoms with Gasteiger partial charge in [0.25, 0.3) is 0 Å². The van der Waals surface area contributed by atoms with Crippen LogP contribution in [0.5, 0.6) is 0 Å². The van der Waals surface area contributed by atoms with Gasteiger partial charge >= 0.3 is 0 Å². The molecule has 2 atom stereocenters. The van der Waals surface area contributed by atoms with Crippen molar-refractivity contribution in [2.45, 2.75) is 25.6 Å². The van der Waals surface area contributed by atoms with Gasteiger partial charge < -0.3 is 15.5 Å². The van der Waals surface area contributed by atoms with Gasteiger partial charge in [-0.05, 0) is 18.6 Å². The standard InChI is InChI=1S/C20H21F2N9O/c1-11(32)29-7-5-14(12(21)9-29)25-20-26-19(23-2)18-17(13(22)10-31(18)28-20)15-3-4-16-24-6-8-30(16)27-15/h3-4,6,8,10,12,14H,5,7,9H2,1-2H3,(H2,23,25,26,28)/t12-,14+/m1/s1. The summed E-state index contributed by atoms with van der Waals surface area (Å²) in [6, 6.07) is 2.87. The molecule has 1 fully saturated rings. The molecule has 4 aromatic rings. The Bertz CT molecular complexity index is 1320. The maximum absolute atomic E-state index is 15.0. The maximum atomic E-state index is 15.0. The van der Waals surface area contributed by atoms with Gasteiger partial charge in [0.15, 0.2) is 17.3 Å². The molecule has 10 nitrogen and oxygen atoms in total. The van der Waals surface area contributed by atoms with Gasteiger partial charge in [0.2, 0.25) is 11.9 Å². The van der Waals surface area contributed by atoms with Gasteiger partial charge in [0.1, 0.15) is 11.7 Å². The first-order valence-electron chi connectivity index (χ1n) is 10.2. The largest absolute Gasteiger partial charge is 0.371 e. The minimum absolute atomic E-state index is 0.0127. The Morgan fingerprint density at radius 1 is 1.25 bits per heavy atom. The predicted octanol–water partition coefficient (Wildman–Crippen LogP) is 1.99. The van der Waals surface area contributed by atoms with E-state index in [4.69, 9.17) is 0 Å². The molecule has 0 aliphatic carbocycles. The maximum Gasteiger partial charge on any atom is 0.243 e. The summed E-state index contributed by atoms with van der Waals surface area (Å²) in [5, 5.41) is 14.7. The average molecular weight is 441 g/mol. The molecule has 166 valence electrons. The zero-order chi connectivity index (χ0) is 22.4. The van der Waals surface area contributed by atoms with Gasteiger partial charge in [-0.3, -0.25) is 4.79 Å². The number of hydrogen-bond donors (Lipinski definition) is 2. The molecule has 4 aromatic heterocycles. The first-order valence-corrected chi connectivity index (χ1v) is 10.2. The number of alkyl halides is 1. The van der Waals surface area contributed by atoms with Crippen molar-refractivity contribution in [1.29, 1.82) is 0 Å². The molecule has 0 unspecified atom stereocenters. The number of aromatic nitrogens is 6. The number of piperidine rings is 1. The molecule has 1 aliphatic rings. The lowest BCUT2D eigenvalue weighted by molar-refractivity contribution is -0.131. The number of amides is 1. The van der Waals surface area contributed by atoms with E-state index in [0.29, 0.717) is 35.6 Å². The van der Waals surface area contributed by atoms with Crippen LogP contribution in [0.25, 0.3) is 22.4 Å². The number of imidazole rings is 1. The quantitative estimate of drug-likeness (QED) is 0.499. The molecule has 32 heavy (non-hydrogen) atoms. The highest BCUT2D eigenvalue weighted by Crippen LogP contribution is 2.32. The summed E-state index contributed by atoms with van der Waals surface area (Å²) in [6.45, 7) is 1.88. The van der Waals surface area contributed by atoms with E-state index >= 15 is 4.39 Å². The normalized spacial score (nSPS) is 18.9. The number of hydrogen-bond acceptors (Lipinski definition) is 7. The lowest BCUT2D eigenvalue weighted by Gasteiger charge is -2.34. The van der Waals surface area contributed by atoms with Crippen molar-refractivity contribution in [3.63, 3.8) is 0 Å². The Balaban J connectivity index is 1.50. The van der Waals surface area contributed by atoms with Crippen molar-refractivity contribution in [3.05, 3.63) is 36.5 Å². The van der Waals surface area contributed by atoms with Crippen LogP contribution in [0.2, 0.25) is 0 Å². The fraction of sp³-hybridized carbons (Fsp3) is 0.350. The van der Waals surface area contributed by atoms with E-state index in [-0.39, 0.29) is 24.0 Å². The van der Waals surface area contributed by atoms with Gasteiger partial charge in [0, 0.05) is 32.9 Å². The number of fused-ring (bicyclic) bond motifs is 2. The highest BCUT2D eigenvalue weighted by atomic mass is 19.1. The molecule has 1 saturated heterocycles. The lowest BCUT2D eigenvalue weighted by Crippen LogP contribution is -2.49. The van der Waals surface area contributed by atoms with Crippen LogP contribution in [0, 0.1) is 5.82 Å². The molecule has 1 aliphatic heterocycles. The molecular weight excluding hydrogens is 420 g/mol. The fourth-order valence-corrected chi connectivity index (χ4v) is 4.00. The summed E-state index contributed by atoms with van der Waals surface area (Å²) in [5.74, 6) is -0.145. The van der Waals surface area contributed by atoms with Crippen molar-refractivity contribution < 1.29 is 13.6 Å². The average Bonchev–Trinajstić information content (AvgIpc) is 3.37. The molecule has 1 amide bonds. The van der Waals surface area contributed by atoms with E-state index in [2.05, 4.69) is 30.8 Å². The number of likely N-dealkylation sites (tertiary alicyclic amines) is 1. The van der Waals surface area contributed by atoms with Gasteiger partial charge in [-0.2, -0.15) is 10.1 Å². The third kappa shape index (κ3) is 3.37. The van der Waals surface area contributed by atoms with Crippen molar-refractivity contribution in [1.82, 2.24) is 34.1 Å². The molecule has 0 spiro atoms. The zero-order valence-corrected chi connectivity index (χ0v) is 17.5. The molecule has 0 saturated carbocycles. The third-order valence-corrected chi connectivity index (χ3v) is 5.63. The summed E-state index contributed by atoms with van der Waals surface area (Å²) in [4.78, 5) is 21.6. The Hall–Kier alpha value is -3.83. The van der Waals surface area contributed by atoms with Crippen LogP contribution in [0.15, 0.2) is 30.7 Å². The van der Waals surface area contributed by atoms with Crippen molar-refractivity contribution in [3.8, 4) is 11.3 Å². The van der Waals surface area contributed by atoms with E-state index < -0.39 is 18.0 Å². The number of rotatable bonds is 4. The second-order valence-corrected chi connectivity index (χ2v) is 7.65. The molecule has 0 aromatic carbocycles. The van der Waals surface area contributed by atoms with Crippen LogP contribution >= 0.6 is 0 Å². The molecule has 0 radical (unpaired) electrons. The van der Waals surface area contributed by atoms with Crippen LogP contribution < -0.4 is 10.6 Å². The van der Waals surface area contributed by atoms with Crippen LogP contribution in [0.3, 0.4) is 0 Å². The first-order chi connectivity index (χ1) is 15.4. The van der Waals surface area contributed by atoms with Crippen LogP contribution in [-0.2, 0) is 4.79 Å². The van der Waals surface area contributed by atoms with E-state index in [1.165, 1.54) is 22.5 Å². The highest BCUT2D eigenvalue weighted by molar-refractivity contribution is 5.88. The van der Waals surface area contributed by atoms with Crippen LogP contribution in [0.4, 0.5) is 20.5 Å². The minimum atomic E-state index is -1.27. The molecule has 12 heteroatoms. The summed E-state index contributed by atoms with van der Waals surface area (Å²) < 4.78 is 32.5. The van der Waals surface area contributed by atoms with Gasteiger partial charge in [0.05, 0.1) is 30.0 Å². The summed E-state index contributed by atoms with van der Waals surface area (Å²) >= 11 is 0. The molecule has 5 rings (SSSR count). The predicted molar refractivity (Wildman–Crippen MR) is 114 cm³/mol. The summed E-state index contributed by atoms with van der Waals surface area (Å²) in [7, 11) is 1.66. The van der Waals surface area contributed by atoms with Gasteiger partial charge in [-0.15, -0.1) is 5.10 Å². The number of halogens is 2. The number of nitrogens with one attached hydrogen (secondary N) is 2. The second-order valence-electron chi connectivity index (χ2n) is 7.65. The number of anilines is 2. The molecule has 5 heterocycles. The second kappa shape index (κ2) is 7.70. The van der Waals surface area contributed by atoms with Crippen molar-refractivity contribution in [2.75, 3.05) is 30.8 Å². The van der Waals surface area contributed by atoms with Crippen molar-refractivity contribution >= 4 is 28.8 Å². The Morgan fingerprint density at radius 3 is 2.84 bits per heavy atom. The Kier molecular flexibility index (Phi) is 4.83. The van der Waals surface area contributed by atoms with Gasteiger partial charge in [-0.1, -0.05) is 0 Å². The SMILES string of the molecule is CNc1nc(N[C@H]2CCN(C(C)=O)C[C@H]2F)nn2cc(F)c(-c3ccc4nccn4n3)c12. The Labute approximate surface area is 181 Å². The highest BCUT2D eigenvalue weighted by Gasteiger charge is 2.31. The van der Waals surface area contributed by atoms with Gasteiger partial charge in [-0.25, -0.2) is 22.8 Å². The van der Waals surface area contributed by atoms with E-state index in [9.17, 15) is 9.18 Å². The van der Waals surface area contributed by atoms with E-state index in [1.807, 2.05) is 0 Å². The third-order valence-electron chi connectivity index (χ3n) is 5.63. The zero-order valence-electron chi connectivity index (χ0n) is 17.5. The van der Waals surface area contributed by atoms with E-state index in [0.717, 1.165) is 0 Å². The molecule has 2 N–H and O–H groups in total. The smallest absolute Gasteiger partial charge is 0.243 e. The lowest BCUT2D eigenvalue weighted by atomic mass is 10.0. The van der Waals surface area contributed by atoms with Crippen molar-refractivity contribution in [2.24, 2.45) is 0 Å². The number of carbonyl (C=O) groups is 1. The first kappa shape index (κ1) is 20.1. The number of carbonyl (C=O) groups excluding carboxylic acids is 1. The van der Waals surface area contributed by atoms with E-state index in [1.54, 1.807) is 36.1 Å². The fourth-order valence-electron chi connectivity index (χ4n) is 4.00. The molecule has 0 bridgehead atoms. The van der Waals surface area contributed by atoms with Crippen LogP contribution in [0.1, 0.15) is 13.3 Å². The molecular formula is C20H21F2N9O. The van der Waals surface area contributed by atoms with Crippen LogP contribution in [-0.4, -0.2) is 72.4 Å². The minimum Gasteiger partial charge on any atom is -0.371 e. The number of nitrogens with zero attached hydrogens (tertiary/aromatic N) is 7. The topological polar surface area (TPSA) is 105 Å². The summed E-state index contributed by atoms with van der Waals surface area (Å²) in [5.41, 5.74) is 1.70. The summed E-state index contributed by atoms with van der Waals surface area (Å²) in [6.07, 6.45) is 3.67. The monoisotopic (exact) mass is 441 g/mol.